The summed E-state index contributed by atoms with van der Waals surface area (Å²) in [6, 6.07) is 0. The number of hydrogen-bond donors (Lipinski definition) is 3. The highest BCUT2D eigenvalue weighted by Crippen LogP contribution is 2.45. The molecule has 0 saturated carbocycles. The van der Waals surface area contributed by atoms with Crippen LogP contribution in [0.4, 0.5) is 0 Å². The molecule has 0 fully saturated rings. The Morgan fingerprint density at radius 2 is 0.524 bits per heavy atom. The molecule has 19 heteroatoms. The van der Waals surface area contributed by atoms with Gasteiger partial charge >= 0.3 is 39.5 Å². The Balaban J connectivity index is 5.30. The number of carbonyl (C=O) groups is 4. The summed E-state index contributed by atoms with van der Waals surface area (Å²) in [5, 5.41) is 10.7. The number of aliphatic hydroxyl groups is 1. The minimum Gasteiger partial charge on any atom is -0.462 e. The molecule has 5 atom stereocenters. The van der Waals surface area contributed by atoms with E-state index in [1.54, 1.807) is 0 Å². The maximum Gasteiger partial charge on any atom is 0.472 e. The SMILES string of the molecule is CCCCCC/C=C\C=C/CCCCCCCC(=O)OC[C@H](COP(=O)(O)OC[C@@H](O)COP(=O)(O)OC[C@@H](COC(=O)CCCCCCCCCCCC(C)C)OC(=O)CCCCCCC/C=C\C=C/CCCCCC)OC(=O)CCCCCCCCCCCCCCCCCCCCCCC. The summed E-state index contributed by atoms with van der Waals surface area (Å²) in [5.74, 6) is -1.43. The van der Waals surface area contributed by atoms with Gasteiger partial charge in [0.1, 0.15) is 19.3 Å². The molecule has 0 aromatic heterocycles. The van der Waals surface area contributed by atoms with Gasteiger partial charge in [-0.05, 0) is 83.0 Å². The zero-order chi connectivity index (χ0) is 75.5. The summed E-state index contributed by atoms with van der Waals surface area (Å²) in [6.07, 6.45) is 73.8. The fraction of sp³-hybridized carbons (Fsp3) is 0.857. The molecule has 0 bridgehead atoms. The second-order valence-electron chi connectivity index (χ2n) is 29.3. The number of carbonyl (C=O) groups excluding carboxylic acids is 4. The summed E-state index contributed by atoms with van der Waals surface area (Å²) < 4.78 is 68.7. The van der Waals surface area contributed by atoms with E-state index in [-0.39, 0.29) is 25.7 Å². The van der Waals surface area contributed by atoms with Crippen molar-refractivity contribution in [2.45, 2.75) is 419 Å². The average Bonchev–Trinajstić information content (AvgIpc) is 0.954. The van der Waals surface area contributed by atoms with Crippen LogP contribution in [0.1, 0.15) is 401 Å². The van der Waals surface area contributed by atoms with Crippen molar-refractivity contribution in [1.82, 2.24) is 0 Å². The van der Waals surface area contributed by atoms with Crippen LogP contribution >= 0.6 is 15.6 Å². The minimum atomic E-state index is -4.98. The third-order valence-electron chi connectivity index (χ3n) is 18.5. The molecule has 0 saturated heterocycles. The summed E-state index contributed by atoms with van der Waals surface area (Å²) in [7, 11) is -9.95. The first-order valence-corrected chi connectivity index (χ1v) is 45.3. The van der Waals surface area contributed by atoms with Crippen LogP contribution in [0.15, 0.2) is 48.6 Å². The van der Waals surface area contributed by atoms with Gasteiger partial charge in [-0.25, -0.2) is 9.13 Å². The van der Waals surface area contributed by atoms with Gasteiger partial charge in [0.05, 0.1) is 26.4 Å². The summed E-state index contributed by atoms with van der Waals surface area (Å²) in [6.45, 7) is 7.19. The number of allylic oxidation sites excluding steroid dienone is 8. The van der Waals surface area contributed by atoms with E-state index < -0.39 is 97.5 Å². The van der Waals surface area contributed by atoms with Crippen molar-refractivity contribution >= 4 is 39.5 Å². The van der Waals surface area contributed by atoms with Gasteiger partial charge < -0.3 is 33.8 Å². The summed E-state index contributed by atoms with van der Waals surface area (Å²) in [5.41, 5.74) is 0. The molecule has 0 radical (unpaired) electrons. The lowest BCUT2D eigenvalue weighted by molar-refractivity contribution is -0.161. The summed E-state index contributed by atoms with van der Waals surface area (Å²) in [4.78, 5) is 73.1. The van der Waals surface area contributed by atoms with Crippen LogP contribution < -0.4 is 0 Å². The van der Waals surface area contributed by atoms with Crippen molar-refractivity contribution in [3.8, 4) is 0 Å². The van der Waals surface area contributed by atoms with E-state index in [1.165, 1.54) is 193 Å². The standard InChI is InChI=1S/C84H156O17P2/c1-6-9-12-15-18-21-24-27-30-31-32-33-34-35-38-41-44-49-55-60-65-70-84(89)100-79(73-94-81(86)67-62-57-52-47-42-39-36-28-25-22-19-16-13-10-7-2)75-98-102(90,91)96-71-78(85)72-97-103(92,93)99-76-80(74-95-82(87)68-63-58-53-50-45-46-51-56-61-66-77(4)5)101-83(88)69-64-59-54-48-43-40-37-29-26-23-20-17-14-11-8-3/h22-23,25-26,28-29,36-37,77-80,85H,6-21,24,27,30-35,38-76H2,1-5H3,(H,90,91)(H,92,93)/b25-22-,26-23-,36-28-,37-29-/t78-,79-,80-/m1/s1. The van der Waals surface area contributed by atoms with E-state index >= 15 is 0 Å². The minimum absolute atomic E-state index is 0.0827. The van der Waals surface area contributed by atoms with Crippen molar-refractivity contribution in [3.63, 3.8) is 0 Å². The Labute approximate surface area is 629 Å². The lowest BCUT2D eigenvalue weighted by atomic mass is 10.0. The van der Waals surface area contributed by atoms with Crippen molar-refractivity contribution in [3.05, 3.63) is 48.6 Å². The number of aliphatic hydroxyl groups excluding tert-OH is 1. The van der Waals surface area contributed by atoms with E-state index in [2.05, 4.69) is 83.2 Å². The average molecular weight is 1500 g/mol. The van der Waals surface area contributed by atoms with Gasteiger partial charge in [-0.2, -0.15) is 0 Å². The number of esters is 4. The zero-order valence-electron chi connectivity index (χ0n) is 66.4. The van der Waals surface area contributed by atoms with E-state index in [0.29, 0.717) is 25.7 Å². The number of phosphoric ester groups is 2. The topological polar surface area (TPSA) is 237 Å². The summed E-state index contributed by atoms with van der Waals surface area (Å²) >= 11 is 0. The van der Waals surface area contributed by atoms with Crippen LogP contribution in [0.5, 0.6) is 0 Å². The second-order valence-corrected chi connectivity index (χ2v) is 32.2. The van der Waals surface area contributed by atoms with E-state index in [4.69, 9.17) is 37.0 Å². The first kappa shape index (κ1) is 100. The van der Waals surface area contributed by atoms with Crippen LogP contribution in [0, 0.1) is 5.92 Å². The third-order valence-corrected chi connectivity index (χ3v) is 20.4. The highest BCUT2D eigenvalue weighted by molar-refractivity contribution is 7.47. The maximum absolute atomic E-state index is 13.1. The van der Waals surface area contributed by atoms with Gasteiger partial charge in [0.15, 0.2) is 12.2 Å². The number of rotatable bonds is 80. The molecule has 604 valence electrons. The Hall–Kier alpha value is -2.98. The van der Waals surface area contributed by atoms with Crippen molar-refractivity contribution in [2.75, 3.05) is 39.6 Å². The molecule has 0 heterocycles. The molecule has 0 aliphatic carbocycles. The van der Waals surface area contributed by atoms with Crippen LogP contribution in [0.2, 0.25) is 0 Å². The number of ether oxygens (including phenoxy) is 4. The monoisotopic (exact) mass is 1500 g/mol. The molecule has 3 N–H and O–H groups in total. The Kier molecular flexibility index (Phi) is 73.6. The second kappa shape index (κ2) is 75.8. The van der Waals surface area contributed by atoms with Crippen LogP contribution in [-0.2, 0) is 65.4 Å². The molecule has 0 spiro atoms. The molecule has 17 nitrogen and oxygen atoms in total. The van der Waals surface area contributed by atoms with Gasteiger partial charge in [0.2, 0.25) is 0 Å². The highest BCUT2D eigenvalue weighted by Gasteiger charge is 2.30. The Morgan fingerprint density at radius 1 is 0.301 bits per heavy atom. The Bertz CT molecular complexity index is 2150. The molecule has 0 aliphatic heterocycles. The van der Waals surface area contributed by atoms with E-state index in [9.17, 15) is 43.2 Å². The van der Waals surface area contributed by atoms with Gasteiger partial charge in [-0.15, -0.1) is 0 Å². The zero-order valence-corrected chi connectivity index (χ0v) is 68.2. The fourth-order valence-electron chi connectivity index (χ4n) is 12.0. The van der Waals surface area contributed by atoms with E-state index in [1.807, 2.05) is 0 Å². The van der Waals surface area contributed by atoms with Crippen LogP contribution in [0.3, 0.4) is 0 Å². The molecule has 0 aromatic rings. The molecule has 103 heavy (non-hydrogen) atoms. The van der Waals surface area contributed by atoms with Crippen molar-refractivity contribution in [1.29, 1.82) is 0 Å². The molecule has 0 amide bonds. The van der Waals surface area contributed by atoms with Crippen LogP contribution in [-0.4, -0.2) is 96.7 Å². The fourth-order valence-corrected chi connectivity index (χ4v) is 13.6. The number of unbranched alkanes of at least 4 members (excludes halogenated alkanes) is 46. The predicted octanol–water partition coefficient (Wildman–Crippen LogP) is 24.7. The molecule has 0 aliphatic rings. The van der Waals surface area contributed by atoms with Gasteiger partial charge in [-0.1, -0.05) is 346 Å². The normalized spacial score (nSPS) is 14.1. The first-order valence-electron chi connectivity index (χ1n) is 42.3. The predicted molar refractivity (Wildman–Crippen MR) is 423 cm³/mol. The van der Waals surface area contributed by atoms with Gasteiger partial charge in [0, 0.05) is 25.7 Å². The lowest BCUT2D eigenvalue weighted by Gasteiger charge is -2.21. The maximum atomic E-state index is 13.1. The van der Waals surface area contributed by atoms with Crippen molar-refractivity contribution < 1.29 is 80.2 Å². The van der Waals surface area contributed by atoms with Crippen LogP contribution in [0.25, 0.3) is 0 Å². The molecule has 0 aromatic carbocycles. The first-order chi connectivity index (χ1) is 50.0. The van der Waals surface area contributed by atoms with Gasteiger partial charge in [-0.3, -0.25) is 37.3 Å². The molecular formula is C84H156O17P2. The number of hydrogen-bond acceptors (Lipinski definition) is 15. The lowest BCUT2D eigenvalue weighted by Crippen LogP contribution is -2.30. The van der Waals surface area contributed by atoms with Gasteiger partial charge in [0.25, 0.3) is 0 Å². The highest BCUT2D eigenvalue weighted by atomic mass is 31.2. The third kappa shape index (κ3) is 77.0. The Morgan fingerprint density at radius 3 is 0.796 bits per heavy atom. The van der Waals surface area contributed by atoms with E-state index in [0.717, 1.165) is 128 Å². The molecule has 2 unspecified atom stereocenters. The number of phosphoric acid groups is 2. The molecular weight excluding hydrogens is 1340 g/mol. The van der Waals surface area contributed by atoms with Crippen molar-refractivity contribution in [2.24, 2.45) is 5.92 Å². The largest absolute Gasteiger partial charge is 0.472 e. The smallest absolute Gasteiger partial charge is 0.462 e. The quantitative estimate of drug-likeness (QED) is 0.0169. The molecule has 0 rings (SSSR count).